The van der Waals surface area contributed by atoms with Crippen LogP contribution in [0.25, 0.3) is 4.96 Å². The molecule has 0 unspecified atom stereocenters. The third-order valence-electron chi connectivity index (χ3n) is 3.75. The molecule has 23 heavy (non-hydrogen) atoms. The van der Waals surface area contributed by atoms with Gasteiger partial charge in [-0.25, -0.2) is 9.50 Å². The van der Waals surface area contributed by atoms with Gasteiger partial charge >= 0.3 is 0 Å². The van der Waals surface area contributed by atoms with Crippen LogP contribution < -0.4 is 5.32 Å². The Labute approximate surface area is 139 Å². The zero-order valence-electron chi connectivity index (χ0n) is 12.9. The van der Waals surface area contributed by atoms with E-state index in [4.69, 9.17) is 0 Å². The summed E-state index contributed by atoms with van der Waals surface area (Å²) >= 11 is 1.57. The molecule has 0 aliphatic rings. The first-order chi connectivity index (χ1) is 11.3. The van der Waals surface area contributed by atoms with E-state index in [1.165, 1.54) is 5.56 Å². The minimum atomic E-state index is 0.128. The number of hydrogen-bond acceptors (Lipinski definition) is 4. The fourth-order valence-corrected chi connectivity index (χ4v) is 3.35. The van der Waals surface area contributed by atoms with E-state index in [0.717, 1.165) is 36.3 Å². The van der Waals surface area contributed by atoms with Crippen LogP contribution in [0.5, 0.6) is 0 Å². The van der Waals surface area contributed by atoms with Gasteiger partial charge in [0, 0.05) is 24.8 Å². The number of aromatic nitrogens is 3. The molecule has 0 spiro atoms. The Bertz CT molecular complexity index is 750. The number of hydrogen-bond donors (Lipinski definition) is 1. The van der Waals surface area contributed by atoms with Crippen LogP contribution in [0.1, 0.15) is 30.5 Å². The van der Waals surface area contributed by atoms with Gasteiger partial charge in [0.2, 0.25) is 10.9 Å². The Morgan fingerprint density at radius 2 is 2.04 bits per heavy atom. The Morgan fingerprint density at radius 1 is 1.17 bits per heavy atom. The highest BCUT2D eigenvalue weighted by atomic mass is 32.1. The summed E-state index contributed by atoms with van der Waals surface area (Å²) in [6.07, 6.45) is 5.93. The van der Waals surface area contributed by atoms with E-state index in [2.05, 4.69) is 39.7 Å². The second kappa shape index (κ2) is 7.87. The Kier molecular flexibility index (Phi) is 5.37. The summed E-state index contributed by atoms with van der Waals surface area (Å²) < 4.78 is 1.83. The number of thiazole rings is 1. The molecule has 5 nitrogen and oxygen atoms in total. The van der Waals surface area contributed by atoms with Crippen molar-refractivity contribution in [3.63, 3.8) is 0 Å². The maximum atomic E-state index is 11.9. The standard InChI is InChI=1S/C17H20N4OS/c22-16(9-5-4-8-14-6-2-1-3-7-14)18-11-10-15-12-23-17-19-13-20-21(15)17/h1-3,6-7,12-13H,4-5,8-11H2,(H,18,22). The van der Waals surface area contributed by atoms with Gasteiger partial charge in [-0.3, -0.25) is 4.79 Å². The summed E-state index contributed by atoms with van der Waals surface area (Å²) in [5, 5.41) is 9.19. The molecule has 3 aromatic rings. The van der Waals surface area contributed by atoms with Gasteiger partial charge in [-0.05, 0) is 24.8 Å². The van der Waals surface area contributed by atoms with Crippen LogP contribution in [0.15, 0.2) is 42.0 Å². The topological polar surface area (TPSA) is 59.3 Å². The number of fused-ring (bicyclic) bond motifs is 1. The molecule has 120 valence electrons. The second-order valence-electron chi connectivity index (χ2n) is 5.47. The molecular weight excluding hydrogens is 308 g/mol. The van der Waals surface area contributed by atoms with Crippen molar-refractivity contribution >= 4 is 22.2 Å². The van der Waals surface area contributed by atoms with Crippen molar-refractivity contribution in [2.24, 2.45) is 0 Å². The predicted octanol–water partition coefficient (Wildman–Crippen LogP) is 2.86. The van der Waals surface area contributed by atoms with Gasteiger partial charge < -0.3 is 5.32 Å². The lowest BCUT2D eigenvalue weighted by atomic mass is 10.1. The minimum Gasteiger partial charge on any atom is -0.356 e. The van der Waals surface area contributed by atoms with E-state index >= 15 is 0 Å². The highest BCUT2D eigenvalue weighted by Crippen LogP contribution is 2.12. The number of rotatable bonds is 8. The van der Waals surface area contributed by atoms with Gasteiger partial charge in [0.15, 0.2) is 0 Å². The average Bonchev–Trinajstić information content (AvgIpc) is 3.17. The highest BCUT2D eigenvalue weighted by Gasteiger charge is 2.06. The molecule has 2 heterocycles. The third kappa shape index (κ3) is 4.39. The summed E-state index contributed by atoms with van der Waals surface area (Å²) in [6.45, 7) is 0.642. The molecule has 0 saturated carbocycles. The maximum absolute atomic E-state index is 11.9. The van der Waals surface area contributed by atoms with E-state index in [1.807, 2.05) is 16.0 Å². The van der Waals surface area contributed by atoms with Gasteiger partial charge in [0.25, 0.3) is 0 Å². The number of nitrogens with one attached hydrogen (secondary N) is 1. The first kappa shape index (κ1) is 15.7. The molecule has 6 heteroatoms. The van der Waals surface area contributed by atoms with Crippen molar-refractivity contribution in [3.05, 3.63) is 53.3 Å². The lowest BCUT2D eigenvalue weighted by molar-refractivity contribution is -0.121. The molecule has 1 aromatic carbocycles. The lowest BCUT2D eigenvalue weighted by Crippen LogP contribution is -2.25. The molecule has 3 rings (SSSR count). The van der Waals surface area contributed by atoms with Crippen LogP contribution in [-0.2, 0) is 17.6 Å². The number of carbonyl (C=O) groups is 1. The molecule has 0 aliphatic carbocycles. The zero-order chi connectivity index (χ0) is 15.9. The van der Waals surface area contributed by atoms with Crippen molar-refractivity contribution in [3.8, 4) is 0 Å². The number of amides is 1. The summed E-state index contributed by atoms with van der Waals surface area (Å²) in [4.78, 5) is 16.9. The molecule has 0 radical (unpaired) electrons. The lowest BCUT2D eigenvalue weighted by Gasteiger charge is -2.05. The van der Waals surface area contributed by atoms with Crippen molar-refractivity contribution < 1.29 is 4.79 Å². The molecule has 0 saturated heterocycles. The molecule has 0 aliphatic heterocycles. The number of aryl methyl sites for hydroxylation is 1. The minimum absolute atomic E-state index is 0.128. The van der Waals surface area contributed by atoms with Gasteiger partial charge in [0.05, 0.1) is 5.69 Å². The predicted molar refractivity (Wildman–Crippen MR) is 91.6 cm³/mol. The first-order valence-electron chi connectivity index (χ1n) is 7.89. The van der Waals surface area contributed by atoms with E-state index in [1.54, 1.807) is 17.7 Å². The first-order valence-corrected chi connectivity index (χ1v) is 8.77. The van der Waals surface area contributed by atoms with Crippen LogP contribution in [0, 0.1) is 0 Å². The molecule has 1 amide bonds. The largest absolute Gasteiger partial charge is 0.356 e. The fraction of sp³-hybridized carbons (Fsp3) is 0.353. The molecule has 0 bridgehead atoms. The summed E-state index contributed by atoms with van der Waals surface area (Å²) in [5.41, 5.74) is 2.43. The van der Waals surface area contributed by atoms with Gasteiger partial charge in [-0.1, -0.05) is 30.3 Å². The Morgan fingerprint density at radius 3 is 2.91 bits per heavy atom. The summed E-state index contributed by atoms with van der Waals surface area (Å²) in [6, 6.07) is 10.4. The van der Waals surface area contributed by atoms with Crippen molar-refractivity contribution in [1.82, 2.24) is 19.9 Å². The molecular formula is C17H20N4OS. The van der Waals surface area contributed by atoms with Crippen LogP contribution in [-0.4, -0.2) is 27.0 Å². The molecule has 0 fully saturated rings. The van der Waals surface area contributed by atoms with Gasteiger partial charge in [-0.15, -0.1) is 11.3 Å². The SMILES string of the molecule is O=C(CCCCc1ccccc1)NCCc1csc2ncnn12. The molecule has 2 aromatic heterocycles. The van der Waals surface area contributed by atoms with E-state index in [0.29, 0.717) is 13.0 Å². The van der Waals surface area contributed by atoms with Crippen LogP contribution in [0.2, 0.25) is 0 Å². The van der Waals surface area contributed by atoms with Crippen LogP contribution in [0.4, 0.5) is 0 Å². The smallest absolute Gasteiger partial charge is 0.220 e. The summed E-state index contributed by atoms with van der Waals surface area (Å²) in [7, 11) is 0. The third-order valence-corrected chi connectivity index (χ3v) is 4.63. The average molecular weight is 328 g/mol. The van der Waals surface area contributed by atoms with Crippen molar-refractivity contribution in [2.45, 2.75) is 32.1 Å². The monoisotopic (exact) mass is 328 g/mol. The highest BCUT2D eigenvalue weighted by molar-refractivity contribution is 7.15. The molecule has 1 N–H and O–H groups in total. The molecule has 0 atom stereocenters. The Hall–Kier alpha value is -2.21. The number of unbranched alkanes of at least 4 members (excludes halogenated alkanes) is 1. The van der Waals surface area contributed by atoms with E-state index < -0.39 is 0 Å². The van der Waals surface area contributed by atoms with Crippen molar-refractivity contribution in [1.29, 1.82) is 0 Å². The maximum Gasteiger partial charge on any atom is 0.220 e. The Balaban J connectivity index is 1.31. The second-order valence-corrected chi connectivity index (χ2v) is 6.31. The number of carbonyl (C=O) groups excluding carboxylic acids is 1. The van der Waals surface area contributed by atoms with Crippen LogP contribution >= 0.6 is 11.3 Å². The quantitative estimate of drug-likeness (QED) is 0.647. The summed E-state index contributed by atoms with van der Waals surface area (Å²) in [5.74, 6) is 0.128. The van der Waals surface area contributed by atoms with Gasteiger partial charge in [-0.2, -0.15) is 5.10 Å². The number of nitrogens with zero attached hydrogens (tertiary/aromatic N) is 3. The van der Waals surface area contributed by atoms with E-state index in [9.17, 15) is 4.79 Å². The van der Waals surface area contributed by atoms with Gasteiger partial charge in [0.1, 0.15) is 6.33 Å². The fourth-order valence-electron chi connectivity index (χ4n) is 2.52. The van der Waals surface area contributed by atoms with E-state index in [-0.39, 0.29) is 5.91 Å². The van der Waals surface area contributed by atoms with Crippen molar-refractivity contribution in [2.75, 3.05) is 6.54 Å². The van der Waals surface area contributed by atoms with Crippen LogP contribution in [0.3, 0.4) is 0 Å². The zero-order valence-corrected chi connectivity index (χ0v) is 13.8. The normalized spacial score (nSPS) is 11.0. The number of benzene rings is 1.